The Morgan fingerprint density at radius 1 is 1.46 bits per heavy atom. The maximum Gasteiger partial charge on any atom is 0.257 e. The van der Waals surface area contributed by atoms with Gasteiger partial charge in [0.25, 0.3) is 5.91 Å². The molecule has 0 unspecified atom stereocenters. The van der Waals surface area contributed by atoms with Gasteiger partial charge >= 0.3 is 0 Å². The SMILES string of the molecule is CC1(C)C=Nc2[nH]ncc2C(=O)N1. The molecule has 1 aromatic heterocycles. The Hall–Kier alpha value is -1.65. The van der Waals surface area contributed by atoms with Crippen LogP contribution in [0.4, 0.5) is 5.82 Å². The topological polar surface area (TPSA) is 70.1 Å². The van der Waals surface area contributed by atoms with E-state index in [1.807, 2.05) is 13.8 Å². The molecule has 5 nitrogen and oxygen atoms in total. The van der Waals surface area contributed by atoms with E-state index in [0.717, 1.165) is 0 Å². The quantitative estimate of drug-likeness (QED) is 0.611. The summed E-state index contributed by atoms with van der Waals surface area (Å²) in [5.74, 6) is 0.370. The molecule has 13 heavy (non-hydrogen) atoms. The second-order valence-corrected chi connectivity index (χ2v) is 3.57. The summed E-state index contributed by atoms with van der Waals surface area (Å²) in [6, 6.07) is 0. The molecule has 0 saturated carbocycles. The number of hydrogen-bond donors (Lipinski definition) is 2. The van der Waals surface area contributed by atoms with Crippen molar-refractivity contribution in [3.05, 3.63) is 11.8 Å². The van der Waals surface area contributed by atoms with Crippen LogP contribution in [0.5, 0.6) is 0 Å². The van der Waals surface area contributed by atoms with E-state index in [-0.39, 0.29) is 5.91 Å². The van der Waals surface area contributed by atoms with Crippen molar-refractivity contribution in [2.75, 3.05) is 0 Å². The largest absolute Gasteiger partial charge is 0.342 e. The molecule has 0 aliphatic carbocycles. The number of carbonyl (C=O) groups excluding carboxylic acids is 1. The fraction of sp³-hybridized carbons (Fsp3) is 0.375. The number of fused-ring (bicyclic) bond motifs is 1. The van der Waals surface area contributed by atoms with Gasteiger partial charge in [-0.05, 0) is 13.8 Å². The third kappa shape index (κ3) is 1.32. The predicted molar refractivity (Wildman–Crippen MR) is 48.3 cm³/mol. The van der Waals surface area contributed by atoms with Crippen LogP contribution in [-0.4, -0.2) is 27.9 Å². The third-order valence-electron chi connectivity index (χ3n) is 1.82. The van der Waals surface area contributed by atoms with Crippen LogP contribution in [0.1, 0.15) is 24.2 Å². The zero-order valence-corrected chi connectivity index (χ0v) is 7.46. The van der Waals surface area contributed by atoms with E-state index in [0.29, 0.717) is 11.4 Å². The van der Waals surface area contributed by atoms with Gasteiger partial charge in [0.05, 0.1) is 11.7 Å². The lowest BCUT2D eigenvalue weighted by atomic mass is 10.1. The van der Waals surface area contributed by atoms with Crippen molar-refractivity contribution in [3.63, 3.8) is 0 Å². The second kappa shape index (κ2) is 2.42. The number of rotatable bonds is 0. The Balaban J connectivity index is 2.49. The average molecular weight is 178 g/mol. The normalized spacial score (nSPS) is 19.1. The summed E-state index contributed by atoms with van der Waals surface area (Å²) >= 11 is 0. The van der Waals surface area contributed by atoms with Gasteiger partial charge in [-0.3, -0.25) is 9.89 Å². The van der Waals surface area contributed by atoms with Crippen molar-refractivity contribution in [2.45, 2.75) is 19.4 Å². The first kappa shape index (κ1) is 7.97. The highest BCUT2D eigenvalue weighted by molar-refractivity contribution is 6.02. The smallest absolute Gasteiger partial charge is 0.257 e. The Morgan fingerprint density at radius 3 is 3.00 bits per heavy atom. The van der Waals surface area contributed by atoms with Crippen LogP contribution in [0.3, 0.4) is 0 Å². The molecule has 0 saturated heterocycles. The van der Waals surface area contributed by atoms with Crippen LogP contribution in [0, 0.1) is 0 Å². The number of carbonyl (C=O) groups is 1. The Kier molecular flexibility index (Phi) is 1.48. The first-order valence-corrected chi connectivity index (χ1v) is 4.00. The number of amides is 1. The minimum Gasteiger partial charge on any atom is -0.342 e. The highest BCUT2D eigenvalue weighted by atomic mass is 16.1. The van der Waals surface area contributed by atoms with E-state index >= 15 is 0 Å². The van der Waals surface area contributed by atoms with Gasteiger partial charge < -0.3 is 5.32 Å². The number of aliphatic imine (C=N–C) groups is 1. The number of aromatic nitrogens is 2. The lowest BCUT2D eigenvalue weighted by molar-refractivity contribution is 0.0935. The molecule has 2 N–H and O–H groups in total. The molecule has 0 atom stereocenters. The molecule has 0 bridgehead atoms. The van der Waals surface area contributed by atoms with Crippen molar-refractivity contribution < 1.29 is 4.79 Å². The van der Waals surface area contributed by atoms with Gasteiger partial charge in [-0.15, -0.1) is 0 Å². The van der Waals surface area contributed by atoms with Crippen LogP contribution in [-0.2, 0) is 0 Å². The van der Waals surface area contributed by atoms with Crippen LogP contribution in [0.15, 0.2) is 11.2 Å². The predicted octanol–water partition coefficient (Wildman–Crippen LogP) is 0.634. The van der Waals surface area contributed by atoms with Gasteiger partial charge in [-0.25, -0.2) is 4.99 Å². The van der Waals surface area contributed by atoms with Gasteiger partial charge in [-0.1, -0.05) is 0 Å². The standard InChI is InChI=1S/C8H10N4O/c1-8(2)4-9-6-5(3-10-12-6)7(13)11-8/h3-4H,1-2H3,(H,10,12)(H,11,13). The number of aromatic amines is 1. The Labute approximate surface area is 75.3 Å². The molecular weight excluding hydrogens is 168 g/mol. The minimum atomic E-state index is -0.406. The Bertz CT molecular complexity index is 377. The fourth-order valence-corrected chi connectivity index (χ4v) is 1.16. The molecule has 5 heteroatoms. The summed E-state index contributed by atoms with van der Waals surface area (Å²) in [7, 11) is 0. The molecule has 0 aromatic carbocycles. The summed E-state index contributed by atoms with van der Waals surface area (Å²) < 4.78 is 0. The molecule has 2 heterocycles. The molecule has 68 valence electrons. The molecule has 0 fully saturated rings. The molecule has 0 spiro atoms. The van der Waals surface area contributed by atoms with E-state index < -0.39 is 5.54 Å². The number of hydrogen-bond acceptors (Lipinski definition) is 3. The van der Waals surface area contributed by atoms with Crippen molar-refractivity contribution in [1.82, 2.24) is 15.5 Å². The van der Waals surface area contributed by atoms with Gasteiger partial charge in [0.2, 0.25) is 0 Å². The van der Waals surface area contributed by atoms with Gasteiger partial charge in [0.1, 0.15) is 5.56 Å². The van der Waals surface area contributed by atoms with Crippen LogP contribution >= 0.6 is 0 Å². The van der Waals surface area contributed by atoms with E-state index in [1.165, 1.54) is 6.20 Å². The van der Waals surface area contributed by atoms with E-state index in [9.17, 15) is 4.79 Å². The molecule has 1 amide bonds. The van der Waals surface area contributed by atoms with Gasteiger partial charge in [0, 0.05) is 6.21 Å². The summed E-state index contributed by atoms with van der Waals surface area (Å²) in [6.07, 6.45) is 3.16. The summed E-state index contributed by atoms with van der Waals surface area (Å²) in [5.41, 5.74) is 0.0820. The lowest BCUT2D eigenvalue weighted by Crippen LogP contribution is -2.43. The molecular formula is C8H10N4O. The Morgan fingerprint density at radius 2 is 2.23 bits per heavy atom. The summed E-state index contributed by atoms with van der Waals surface area (Å²) in [6.45, 7) is 3.77. The first-order valence-electron chi connectivity index (χ1n) is 4.00. The van der Waals surface area contributed by atoms with Crippen LogP contribution < -0.4 is 5.32 Å². The number of nitrogens with zero attached hydrogens (tertiary/aromatic N) is 2. The van der Waals surface area contributed by atoms with Gasteiger partial charge in [-0.2, -0.15) is 5.10 Å². The van der Waals surface area contributed by atoms with E-state index in [4.69, 9.17) is 0 Å². The van der Waals surface area contributed by atoms with E-state index in [1.54, 1.807) is 6.21 Å². The number of nitrogens with one attached hydrogen (secondary N) is 2. The monoisotopic (exact) mass is 178 g/mol. The molecule has 1 aromatic rings. The van der Waals surface area contributed by atoms with Gasteiger partial charge in [0.15, 0.2) is 5.82 Å². The van der Waals surface area contributed by atoms with Crippen LogP contribution in [0.2, 0.25) is 0 Å². The summed E-state index contributed by atoms with van der Waals surface area (Å²) in [4.78, 5) is 15.7. The second-order valence-electron chi connectivity index (χ2n) is 3.57. The molecule has 2 rings (SSSR count). The third-order valence-corrected chi connectivity index (χ3v) is 1.82. The van der Waals surface area contributed by atoms with Crippen molar-refractivity contribution in [3.8, 4) is 0 Å². The number of H-pyrrole nitrogens is 1. The molecule has 1 aliphatic rings. The zero-order valence-electron chi connectivity index (χ0n) is 7.46. The fourth-order valence-electron chi connectivity index (χ4n) is 1.16. The maximum absolute atomic E-state index is 11.5. The first-order chi connectivity index (χ1) is 6.08. The molecule has 0 radical (unpaired) electrons. The maximum atomic E-state index is 11.5. The minimum absolute atomic E-state index is 0.147. The summed E-state index contributed by atoms with van der Waals surface area (Å²) in [5, 5.41) is 9.21. The van der Waals surface area contributed by atoms with Crippen molar-refractivity contribution in [1.29, 1.82) is 0 Å². The van der Waals surface area contributed by atoms with Crippen molar-refractivity contribution in [2.24, 2.45) is 4.99 Å². The molecule has 1 aliphatic heterocycles. The van der Waals surface area contributed by atoms with Crippen LogP contribution in [0.25, 0.3) is 0 Å². The average Bonchev–Trinajstić information content (AvgIpc) is 2.43. The van der Waals surface area contributed by atoms with E-state index in [2.05, 4.69) is 20.5 Å². The van der Waals surface area contributed by atoms with Crippen molar-refractivity contribution >= 4 is 17.9 Å². The zero-order chi connectivity index (χ0) is 9.47. The highest BCUT2D eigenvalue weighted by Gasteiger charge is 2.24. The highest BCUT2D eigenvalue weighted by Crippen LogP contribution is 2.18. The lowest BCUT2D eigenvalue weighted by Gasteiger charge is -2.18.